The first-order valence-electron chi connectivity index (χ1n) is 12.1. The maximum atomic E-state index is 14.0. The van der Waals surface area contributed by atoms with Crippen molar-refractivity contribution in [3.8, 4) is 21.9 Å². The maximum Gasteiger partial charge on any atom is 0.407 e. The number of nitrogens with one attached hydrogen (secondary N) is 1. The van der Waals surface area contributed by atoms with Gasteiger partial charge in [0.2, 0.25) is 0 Å². The third-order valence-electron chi connectivity index (χ3n) is 5.58. The van der Waals surface area contributed by atoms with Crippen molar-refractivity contribution in [2.24, 2.45) is 0 Å². The van der Waals surface area contributed by atoms with Gasteiger partial charge in [-0.25, -0.2) is 14.2 Å². The molecule has 0 fully saturated rings. The number of hydrogen-bond acceptors (Lipinski definition) is 7. The Morgan fingerprint density at radius 2 is 1.74 bits per heavy atom. The van der Waals surface area contributed by atoms with Crippen molar-refractivity contribution >= 4 is 23.3 Å². The van der Waals surface area contributed by atoms with Gasteiger partial charge in [-0.1, -0.05) is 18.2 Å². The standard InChI is InChI=1S/C28H34FN3O5S/c1-17(15-30-27(34)37-28(3,4)5)32(16-19-8-13-22(35-6)23(14-19)36-7)26(33)24-25(38-18(2)31-24)20-9-11-21(29)12-10-20/h8-14,17H,15-16H2,1-7H3,(H,30,34). The van der Waals surface area contributed by atoms with Gasteiger partial charge >= 0.3 is 6.09 Å². The molecule has 1 atom stereocenters. The van der Waals surface area contributed by atoms with E-state index >= 15 is 0 Å². The van der Waals surface area contributed by atoms with Crippen molar-refractivity contribution in [1.82, 2.24) is 15.2 Å². The molecule has 2 amide bonds. The van der Waals surface area contributed by atoms with E-state index in [1.807, 2.05) is 19.9 Å². The number of thiazole rings is 1. The van der Waals surface area contributed by atoms with Crippen LogP contribution in [0.1, 0.15) is 48.8 Å². The molecule has 0 spiro atoms. The second-order valence-electron chi connectivity index (χ2n) is 9.77. The molecule has 38 heavy (non-hydrogen) atoms. The van der Waals surface area contributed by atoms with Crippen LogP contribution >= 0.6 is 11.3 Å². The fraction of sp³-hybridized carbons (Fsp3) is 0.393. The monoisotopic (exact) mass is 543 g/mol. The molecule has 1 N–H and O–H groups in total. The summed E-state index contributed by atoms with van der Waals surface area (Å²) in [6.07, 6.45) is -0.570. The van der Waals surface area contributed by atoms with Gasteiger partial charge in [0.25, 0.3) is 5.91 Å². The van der Waals surface area contributed by atoms with Crippen molar-refractivity contribution in [1.29, 1.82) is 0 Å². The maximum absolute atomic E-state index is 14.0. The Morgan fingerprint density at radius 3 is 2.34 bits per heavy atom. The Morgan fingerprint density at radius 1 is 1.08 bits per heavy atom. The van der Waals surface area contributed by atoms with Crippen molar-refractivity contribution in [2.45, 2.75) is 52.8 Å². The van der Waals surface area contributed by atoms with Crippen molar-refractivity contribution < 1.29 is 28.2 Å². The lowest BCUT2D eigenvalue weighted by atomic mass is 10.1. The predicted molar refractivity (Wildman–Crippen MR) is 145 cm³/mol. The SMILES string of the molecule is COc1ccc(CN(C(=O)c2nc(C)sc2-c2ccc(F)cc2)C(C)CNC(=O)OC(C)(C)C)cc1OC. The first-order valence-corrected chi connectivity index (χ1v) is 13.0. The quantitative estimate of drug-likeness (QED) is 0.365. The molecule has 1 unspecified atom stereocenters. The minimum Gasteiger partial charge on any atom is -0.493 e. The number of nitrogens with zero attached hydrogens (tertiary/aromatic N) is 2. The fourth-order valence-corrected chi connectivity index (χ4v) is 4.68. The number of benzene rings is 2. The number of halogens is 1. The molecule has 0 radical (unpaired) electrons. The highest BCUT2D eigenvalue weighted by atomic mass is 32.1. The van der Waals surface area contributed by atoms with Gasteiger partial charge in [-0.05, 0) is 70.0 Å². The van der Waals surface area contributed by atoms with Crippen LogP contribution in [0.25, 0.3) is 10.4 Å². The molecular formula is C28H34FN3O5S. The van der Waals surface area contributed by atoms with Crippen LogP contribution in [-0.2, 0) is 11.3 Å². The highest BCUT2D eigenvalue weighted by Gasteiger charge is 2.28. The van der Waals surface area contributed by atoms with Crippen molar-refractivity contribution in [3.05, 3.63) is 64.5 Å². The third-order valence-corrected chi connectivity index (χ3v) is 6.60. The zero-order valence-electron chi connectivity index (χ0n) is 22.8. The van der Waals surface area contributed by atoms with E-state index in [1.54, 1.807) is 64.2 Å². The van der Waals surface area contributed by atoms with Crippen molar-refractivity contribution in [2.75, 3.05) is 20.8 Å². The number of carbonyl (C=O) groups is 2. The molecule has 0 aliphatic rings. The first-order chi connectivity index (χ1) is 17.9. The zero-order valence-corrected chi connectivity index (χ0v) is 23.6. The van der Waals surface area contributed by atoms with Crippen molar-refractivity contribution in [3.63, 3.8) is 0 Å². The highest BCUT2D eigenvalue weighted by Crippen LogP contribution is 2.33. The summed E-state index contributed by atoms with van der Waals surface area (Å²) in [7, 11) is 3.10. The lowest BCUT2D eigenvalue weighted by molar-refractivity contribution is 0.0487. The predicted octanol–water partition coefficient (Wildman–Crippen LogP) is 5.83. The van der Waals surface area contributed by atoms with Gasteiger partial charge in [0.15, 0.2) is 11.5 Å². The number of aromatic nitrogens is 1. The number of alkyl carbamates (subject to hydrolysis) is 1. The molecule has 0 saturated carbocycles. The summed E-state index contributed by atoms with van der Waals surface area (Å²) in [6, 6.07) is 11.0. The average Bonchev–Trinajstić information content (AvgIpc) is 3.26. The summed E-state index contributed by atoms with van der Waals surface area (Å²) in [5.74, 6) is 0.428. The molecule has 0 bridgehead atoms. The Balaban J connectivity index is 1.95. The molecule has 8 nitrogen and oxygen atoms in total. The van der Waals surface area contributed by atoms with Gasteiger partial charge < -0.3 is 24.4 Å². The molecule has 204 valence electrons. The third kappa shape index (κ3) is 7.44. The zero-order chi connectivity index (χ0) is 28.0. The van der Waals surface area contributed by atoms with E-state index < -0.39 is 17.7 Å². The average molecular weight is 544 g/mol. The number of rotatable bonds is 9. The van der Waals surface area contributed by atoms with Crippen LogP contribution in [0.4, 0.5) is 9.18 Å². The lowest BCUT2D eigenvalue weighted by Gasteiger charge is -2.30. The molecule has 0 saturated heterocycles. The summed E-state index contributed by atoms with van der Waals surface area (Å²) in [4.78, 5) is 33.1. The molecule has 0 aliphatic carbocycles. The van der Waals surface area contributed by atoms with Gasteiger partial charge in [0.05, 0.1) is 24.1 Å². The van der Waals surface area contributed by atoms with Crippen LogP contribution in [0.5, 0.6) is 11.5 Å². The van der Waals surface area contributed by atoms with Crippen LogP contribution in [0.15, 0.2) is 42.5 Å². The van der Waals surface area contributed by atoms with Crippen LogP contribution in [0.2, 0.25) is 0 Å². The molecule has 1 aromatic heterocycles. The van der Waals surface area contributed by atoms with Crippen LogP contribution in [-0.4, -0.2) is 54.3 Å². The number of amides is 2. The number of ether oxygens (including phenoxy) is 3. The Hall–Kier alpha value is -3.66. The number of hydrogen-bond donors (Lipinski definition) is 1. The van der Waals surface area contributed by atoms with E-state index in [4.69, 9.17) is 14.2 Å². The highest BCUT2D eigenvalue weighted by molar-refractivity contribution is 7.15. The fourth-order valence-electron chi connectivity index (χ4n) is 3.76. The molecule has 1 heterocycles. The number of aryl methyl sites for hydroxylation is 1. The molecule has 10 heteroatoms. The van der Waals surface area contributed by atoms with Gasteiger partial charge in [0, 0.05) is 19.1 Å². The minimum absolute atomic E-state index is 0.156. The van der Waals surface area contributed by atoms with Crippen LogP contribution in [0.3, 0.4) is 0 Å². The van der Waals surface area contributed by atoms with Crippen LogP contribution in [0, 0.1) is 12.7 Å². The first kappa shape index (κ1) is 28.9. The Labute approximate surface area is 226 Å². The molecular weight excluding hydrogens is 509 g/mol. The van der Waals surface area contributed by atoms with E-state index in [0.717, 1.165) is 5.56 Å². The van der Waals surface area contributed by atoms with Gasteiger partial charge in [0.1, 0.15) is 17.1 Å². The second kappa shape index (κ2) is 12.3. The van der Waals surface area contributed by atoms with Gasteiger partial charge in [-0.15, -0.1) is 11.3 Å². The normalized spacial score (nSPS) is 12.0. The summed E-state index contributed by atoms with van der Waals surface area (Å²) < 4.78 is 29.7. The van der Waals surface area contributed by atoms with E-state index in [2.05, 4.69) is 10.3 Å². The summed E-state index contributed by atoms with van der Waals surface area (Å²) >= 11 is 1.37. The summed E-state index contributed by atoms with van der Waals surface area (Å²) in [5.41, 5.74) is 1.12. The Bertz CT molecular complexity index is 1270. The molecule has 2 aromatic carbocycles. The minimum atomic E-state index is -0.648. The Kier molecular flexibility index (Phi) is 9.32. The number of carbonyl (C=O) groups excluding carboxylic acids is 2. The number of methoxy groups -OCH3 is 2. The van der Waals surface area contributed by atoms with Crippen LogP contribution < -0.4 is 14.8 Å². The second-order valence-corrected chi connectivity index (χ2v) is 11.0. The topological polar surface area (TPSA) is 90.0 Å². The molecule has 0 aliphatic heterocycles. The summed E-state index contributed by atoms with van der Waals surface area (Å²) in [5, 5.41) is 3.46. The lowest BCUT2D eigenvalue weighted by Crippen LogP contribution is -2.46. The molecule has 3 rings (SSSR count). The van der Waals surface area contributed by atoms with Gasteiger partial charge in [-0.2, -0.15) is 0 Å². The van der Waals surface area contributed by atoms with E-state index in [1.165, 1.54) is 23.5 Å². The van der Waals surface area contributed by atoms with Gasteiger partial charge in [-0.3, -0.25) is 4.79 Å². The van der Waals surface area contributed by atoms with E-state index in [9.17, 15) is 14.0 Å². The largest absolute Gasteiger partial charge is 0.493 e. The smallest absolute Gasteiger partial charge is 0.407 e. The van der Waals surface area contributed by atoms with E-state index in [0.29, 0.717) is 26.9 Å². The summed E-state index contributed by atoms with van der Waals surface area (Å²) in [6.45, 7) is 9.38. The molecule has 3 aromatic rings. The van der Waals surface area contributed by atoms with E-state index in [-0.39, 0.29) is 30.5 Å².